The van der Waals surface area contributed by atoms with E-state index in [1.807, 2.05) is 67.7 Å². The van der Waals surface area contributed by atoms with Gasteiger partial charge in [-0.05, 0) is 66.8 Å². The van der Waals surface area contributed by atoms with Crippen molar-refractivity contribution in [2.24, 2.45) is 0 Å². The van der Waals surface area contributed by atoms with Crippen LogP contribution in [0, 0.1) is 18.8 Å². The summed E-state index contributed by atoms with van der Waals surface area (Å²) in [6.45, 7) is 5.15. The molecule has 3 aromatic rings. The van der Waals surface area contributed by atoms with Gasteiger partial charge in [-0.15, -0.1) is 0 Å². The minimum absolute atomic E-state index is 0.192. The van der Waals surface area contributed by atoms with Crippen LogP contribution in [0.2, 0.25) is 5.02 Å². The maximum Gasteiger partial charge on any atom is 0.122 e. The summed E-state index contributed by atoms with van der Waals surface area (Å²) < 4.78 is 5.92. The SMILES string of the molecule is Cc1cc(C#Cc2ccc(-c3ccc(Cl)cc3)cn2)ccc1OCCN1CC[C@@H](O)C1. The number of likely N-dealkylation sites (tertiary alicyclic amines) is 1. The molecule has 4 nitrogen and oxygen atoms in total. The smallest absolute Gasteiger partial charge is 0.122 e. The molecule has 1 aromatic heterocycles. The summed E-state index contributed by atoms with van der Waals surface area (Å²) in [5.74, 6) is 7.18. The van der Waals surface area contributed by atoms with Gasteiger partial charge in [-0.3, -0.25) is 4.90 Å². The molecule has 0 radical (unpaired) electrons. The monoisotopic (exact) mass is 432 g/mol. The first kappa shape index (κ1) is 21.4. The Hall–Kier alpha value is -2.84. The molecule has 2 heterocycles. The Morgan fingerprint density at radius 2 is 1.90 bits per heavy atom. The van der Waals surface area contributed by atoms with Gasteiger partial charge in [-0.1, -0.05) is 35.7 Å². The predicted octanol–water partition coefficient (Wildman–Crippen LogP) is 4.56. The molecule has 0 amide bonds. The molecule has 0 bridgehead atoms. The number of ether oxygens (including phenoxy) is 1. The molecule has 1 aliphatic rings. The number of aryl methyl sites for hydroxylation is 1. The van der Waals surface area contributed by atoms with Gasteiger partial charge in [-0.2, -0.15) is 0 Å². The molecule has 5 heteroatoms. The Balaban J connectivity index is 1.35. The van der Waals surface area contributed by atoms with E-state index in [-0.39, 0.29) is 6.10 Å². The van der Waals surface area contributed by atoms with E-state index >= 15 is 0 Å². The van der Waals surface area contributed by atoms with Gasteiger partial charge in [0, 0.05) is 42.0 Å². The quantitative estimate of drug-likeness (QED) is 0.600. The zero-order chi connectivity index (χ0) is 21.6. The Kier molecular flexibility index (Phi) is 6.89. The highest BCUT2D eigenvalue weighted by atomic mass is 35.5. The lowest BCUT2D eigenvalue weighted by molar-refractivity contribution is 0.167. The summed E-state index contributed by atoms with van der Waals surface area (Å²) >= 11 is 5.95. The minimum atomic E-state index is -0.192. The number of halogens is 1. The highest BCUT2D eigenvalue weighted by Gasteiger charge is 2.19. The minimum Gasteiger partial charge on any atom is -0.492 e. The predicted molar refractivity (Wildman–Crippen MR) is 124 cm³/mol. The largest absolute Gasteiger partial charge is 0.492 e. The normalized spacial score (nSPS) is 16.0. The van der Waals surface area contributed by atoms with Crippen LogP contribution in [-0.2, 0) is 0 Å². The van der Waals surface area contributed by atoms with E-state index in [0.29, 0.717) is 6.61 Å². The van der Waals surface area contributed by atoms with Crippen LogP contribution in [0.1, 0.15) is 23.2 Å². The third-order valence-electron chi connectivity index (χ3n) is 5.36. The van der Waals surface area contributed by atoms with Crippen LogP contribution in [0.15, 0.2) is 60.8 Å². The van der Waals surface area contributed by atoms with Gasteiger partial charge < -0.3 is 9.84 Å². The van der Waals surface area contributed by atoms with Crippen LogP contribution in [-0.4, -0.2) is 47.3 Å². The van der Waals surface area contributed by atoms with E-state index < -0.39 is 0 Å². The van der Waals surface area contributed by atoms with Crippen LogP contribution in [0.4, 0.5) is 0 Å². The summed E-state index contributed by atoms with van der Waals surface area (Å²) in [4.78, 5) is 6.69. The molecule has 31 heavy (non-hydrogen) atoms. The molecule has 1 aliphatic heterocycles. The summed E-state index contributed by atoms with van der Waals surface area (Å²) in [7, 11) is 0. The maximum absolute atomic E-state index is 9.59. The number of benzene rings is 2. The highest BCUT2D eigenvalue weighted by Crippen LogP contribution is 2.21. The lowest BCUT2D eigenvalue weighted by atomic mass is 10.1. The maximum atomic E-state index is 9.59. The molecular formula is C26H25ClN2O2. The number of aliphatic hydroxyl groups excluding tert-OH is 1. The lowest BCUT2D eigenvalue weighted by Crippen LogP contribution is -2.27. The van der Waals surface area contributed by atoms with E-state index in [9.17, 15) is 5.11 Å². The fourth-order valence-electron chi connectivity index (χ4n) is 3.61. The number of aliphatic hydroxyl groups is 1. The van der Waals surface area contributed by atoms with Crippen molar-refractivity contribution in [1.82, 2.24) is 9.88 Å². The van der Waals surface area contributed by atoms with E-state index in [2.05, 4.69) is 21.7 Å². The fourth-order valence-corrected chi connectivity index (χ4v) is 3.73. The van der Waals surface area contributed by atoms with E-state index in [4.69, 9.17) is 16.3 Å². The molecule has 1 fully saturated rings. The summed E-state index contributed by atoms with van der Waals surface area (Å²) in [6.07, 6.45) is 2.49. The lowest BCUT2D eigenvalue weighted by Gasteiger charge is -2.16. The fraction of sp³-hybridized carbons (Fsp3) is 0.269. The van der Waals surface area contributed by atoms with Crippen molar-refractivity contribution in [3.63, 3.8) is 0 Å². The molecule has 2 aromatic carbocycles. The number of aromatic nitrogens is 1. The molecule has 4 rings (SSSR count). The zero-order valence-electron chi connectivity index (χ0n) is 17.5. The van der Waals surface area contributed by atoms with Crippen molar-refractivity contribution in [3.8, 4) is 28.7 Å². The van der Waals surface area contributed by atoms with Crippen LogP contribution in [0.25, 0.3) is 11.1 Å². The Morgan fingerprint density at radius 1 is 1.10 bits per heavy atom. The first-order chi connectivity index (χ1) is 15.1. The molecule has 0 spiro atoms. The van der Waals surface area contributed by atoms with Gasteiger partial charge in [-0.25, -0.2) is 4.98 Å². The number of β-amino-alcohol motifs (C(OH)–C–C–N with tert-alkyl or cyclic N) is 1. The molecule has 158 valence electrons. The van der Waals surface area contributed by atoms with Crippen LogP contribution >= 0.6 is 11.6 Å². The number of hydrogen-bond acceptors (Lipinski definition) is 4. The second kappa shape index (κ2) is 9.98. The first-order valence-electron chi connectivity index (χ1n) is 10.4. The second-order valence-corrected chi connectivity index (χ2v) is 8.20. The molecule has 1 atom stereocenters. The van der Waals surface area contributed by atoms with Gasteiger partial charge in [0.25, 0.3) is 0 Å². The highest BCUT2D eigenvalue weighted by molar-refractivity contribution is 6.30. The number of rotatable bonds is 5. The average molecular weight is 433 g/mol. The van der Waals surface area contributed by atoms with Crippen molar-refractivity contribution in [2.75, 3.05) is 26.2 Å². The van der Waals surface area contributed by atoms with Crippen LogP contribution < -0.4 is 4.74 Å². The van der Waals surface area contributed by atoms with Gasteiger partial charge in [0.05, 0.1) is 6.10 Å². The Morgan fingerprint density at radius 3 is 2.58 bits per heavy atom. The van der Waals surface area contributed by atoms with Crippen molar-refractivity contribution >= 4 is 11.6 Å². The molecule has 0 aliphatic carbocycles. The third kappa shape index (κ3) is 5.86. The summed E-state index contributed by atoms with van der Waals surface area (Å²) in [5, 5.41) is 10.3. The van der Waals surface area contributed by atoms with E-state index in [1.54, 1.807) is 0 Å². The van der Waals surface area contributed by atoms with E-state index in [0.717, 1.165) is 64.8 Å². The topological polar surface area (TPSA) is 45.6 Å². The molecule has 0 saturated carbocycles. The standard InChI is InChI=1S/C26H25ClN2O2/c1-19-16-20(3-11-26(19)31-15-14-29-13-12-25(30)18-29)2-9-24-10-6-22(17-28-24)21-4-7-23(27)8-5-21/h3-8,10-11,16-17,25,30H,12-15,18H2,1H3/t25-/m1/s1. The van der Waals surface area contributed by atoms with Gasteiger partial charge in [0.15, 0.2) is 0 Å². The van der Waals surface area contributed by atoms with Crippen molar-refractivity contribution in [3.05, 3.63) is 82.6 Å². The third-order valence-corrected chi connectivity index (χ3v) is 5.62. The zero-order valence-corrected chi connectivity index (χ0v) is 18.3. The molecule has 1 saturated heterocycles. The second-order valence-electron chi connectivity index (χ2n) is 7.76. The van der Waals surface area contributed by atoms with Crippen molar-refractivity contribution in [1.29, 1.82) is 0 Å². The van der Waals surface area contributed by atoms with Gasteiger partial charge in [0.2, 0.25) is 0 Å². The number of nitrogens with zero attached hydrogens (tertiary/aromatic N) is 2. The Bertz CT molecular complexity index is 1090. The van der Waals surface area contributed by atoms with Gasteiger partial charge >= 0.3 is 0 Å². The number of hydrogen-bond donors (Lipinski definition) is 1. The first-order valence-corrected chi connectivity index (χ1v) is 10.8. The van der Waals surface area contributed by atoms with Crippen LogP contribution in [0.5, 0.6) is 5.75 Å². The van der Waals surface area contributed by atoms with Crippen molar-refractivity contribution < 1.29 is 9.84 Å². The van der Waals surface area contributed by atoms with Gasteiger partial charge in [0.1, 0.15) is 18.1 Å². The summed E-state index contributed by atoms with van der Waals surface area (Å²) in [6, 6.07) is 17.6. The molecular weight excluding hydrogens is 408 g/mol. The summed E-state index contributed by atoms with van der Waals surface area (Å²) in [5.41, 5.74) is 4.81. The molecule has 1 N–H and O–H groups in total. The number of pyridine rings is 1. The molecule has 0 unspecified atom stereocenters. The average Bonchev–Trinajstić information content (AvgIpc) is 3.19. The van der Waals surface area contributed by atoms with Crippen molar-refractivity contribution in [2.45, 2.75) is 19.4 Å². The van der Waals surface area contributed by atoms with E-state index in [1.165, 1.54) is 0 Å². The van der Waals surface area contributed by atoms with Crippen LogP contribution in [0.3, 0.4) is 0 Å². The Labute approximate surface area is 188 Å².